The lowest BCUT2D eigenvalue weighted by molar-refractivity contribution is -0.134. The number of thiophene rings is 1. The normalized spacial score (nSPS) is 10.2. The molecule has 6 heteroatoms. The van der Waals surface area contributed by atoms with E-state index in [-0.39, 0.29) is 18.9 Å². The molecule has 1 aromatic heterocycles. The summed E-state index contributed by atoms with van der Waals surface area (Å²) in [5.41, 5.74) is 0.952. The summed E-state index contributed by atoms with van der Waals surface area (Å²) in [5, 5.41) is 4.87. The fourth-order valence-electron chi connectivity index (χ4n) is 1.64. The van der Waals surface area contributed by atoms with E-state index >= 15 is 0 Å². The van der Waals surface area contributed by atoms with Gasteiger partial charge in [0.25, 0.3) is 5.91 Å². The molecule has 4 nitrogen and oxygen atoms in total. The van der Waals surface area contributed by atoms with E-state index in [9.17, 15) is 9.59 Å². The maximum Gasteiger partial charge on any atom is 0.313 e. The zero-order valence-corrected chi connectivity index (χ0v) is 13.0. The molecule has 1 amide bonds. The second-order valence-corrected chi connectivity index (χ2v) is 5.75. The van der Waals surface area contributed by atoms with Gasteiger partial charge in [0.15, 0.2) is 0 Å². The number of hydrogen-bond donors (Lipinski definition) is 1. The third-order valence-electron chi connectivity index (χ3n) is 2.67. The van der Waals surface area contributed by atoms with Gasteiger partial charge in [-0.1, -0.05) is 23.7 Å². The monoisotopic (exact) mass is 323 g/mol. The molecule has 0 aliphatic carbocycles. The SMILES string of the molecule is Cc1ccc(Cl)c(OC(=O)CCNC(=O)c2cccs2)c1. The number of ether oxygens (including phenoxy) is 1. The van der Waals surface area contributed by atoms with E-state index in [1.54, 1.807) is 24.3 Å². The van der Waals surface area contributed by atoms with E-state index in [1.165, 1.54) is 11.3 Å². The number of carbonyl (C=O) groups is 2. The standard InChI is InChI=1S/C15H14ClNO3S/c1-10-4-5-11(16)12(9-10)20-14(18)6-7-17-15(19)13-3-2-8-21-13/h2-5,8-9H,6-7H2,1H3,(H,17,19). The van der Waals surface area contributed by atoms with E-state index in [1.807, 2.05) is 18.4 Å². The molecule has 0 saturated heterocycles. The lowest BCUT2D eigenvalue weighted by Crippen LogP contribution is -2.26. The first-order valence-corrected chi connectivity index (χ1v) is 7.60. The number of benzene rings is 1. The Labute approximate surface area is 131 Å². The zero-order chi connectivity index (χ0) is 15.2. The van der Waals surface area contributed by atoms with Crippen LogP contribution in [0.5, 0.6) is 5.75 Å². The lowest BCUT2D eigenvalue weighted by atomic mass is 10.2. The highest BCUT2D eigenvalue weighted by Gasteiger charge is 2.10. The molecule has 1 N–H and O–H groups in total. The molecule has 0 aliphatic rings. The van der Waals surface area contributed by atoms with E-state index in [2.05, 4.69) is 5.32 Å². The molecule has 0 saturated carbocycles. The third-order valence-corrected chi connectivity index (χ3v) is 3.85. The van der Waals surface area contributed by atoms with Gasteiger partial charge in [0.05, 0.1) is 16.3 Å². The van der Waals surface area contributed by atoms with Crippen LogP contribution in [0.4, 0.5) is 0 Å². The first kappa shape index (κ1) is 15.5. The molecule has 0 unspecified atom stereocenters. The van der Waals surface area contributed by atoms with Gasteiger partial charge in [0.2, 0.25) is 0 Å². The van der Waals surface area contributed by atoms with Crippen LogP contribution < -0.4 is 10.1 Å². The van der Waals surface area contributed by atoms with Gasteiger partial charge in [0.1, 0.15) is 5.75 Å². The number of hydrogen-bond acceptors (Lipinski definition) is 4. The van der Waals surface area contributed by atoms with Crippen molar-refractivity contribution < 1.29 is 14.3 Å². The minimum atomic E-state index is -0.436. The molecule has 0 atom stereocenters. The van der Waals surface area contributed by atoms with E-state index in [0.717, 1.165) is 5.56 Å². The largest absolute Gasteiger partial charge is 0.425 e. The van der Waals surface area contributed by atoms with Crippen LogP contribution in [-0.4, -0.2) is 18.4 Å². The van der Waals surface area contributed by atoms with Gasteiger partial charge in [-0.2, -0.15) is 0 Å². The number of carbonyl (C=O) groups excluding carboxylic acids is 2. The van der Waals surface area contributed by atoms with Gasteiger partial charge in [-0.15, -0.1) is 11.3 Å². The molecule has 110 valence electrons. The van der Waals surface area contributed by atoms with Crippen molar-refractivity contribution in [2.24, 2.45) is 0 Å². The Morgan fingerprint density at radius 3 is 2.86 bits per heavy atom. The number of halogens is 1. The second kappa shape index (κ2) is 7.24. The van der Waals surface area contributed by atoms with Crippen molar-refractivity contribution in [3.05, 3.63) is 51.2 Å². The van der Waals surface area contributed by atoms with Crippen molar-refractivity contribution in [2.75, 3.05) is 6.54 Å². The average molecular weight is 324 g/mol. The number of esters is 1. The van der Waals surface area contributed by atoms with Crippen LogP contribution in [0.25, 0.3) is 0 Å². The van der Waals surface area contributed by atoms with Crippen LogP contribution in [-0.2, 0) is 4.79 Å². The molecule has 1 aromatic carbocycles. The van der Waals surface area contributed by atoms with Gasteiger partial charge in [-0.25, -0.2) is 0 Å². The van der Waals surface area contributed by atoms with Gasteiger partial charge >= 0.3 is 5.97 Å². The van der Waals surface area contributed by atoms with E-state index in [0.29, 0.717) is 15.6 Å². The maximum atomic E-state index is 11.7. The van der Waals surface area contributed by atoms with Crippen molar-refractivity contribution in [1.29, 1.82) is 0 Å². The molecule has 0 radical (unpaired) electrons. The predicted octanol–water partition coefficient (Wildman–Crippen LogP) is 3.44. The van der Waals surface area contributed by atoms with E-state index < -0.39 is 5.97 Å². The van der Waals surface area contributed by atoms with E-state index in [4.69, 9.17) is 16.3 Å². The zero-order valence-electron chi connectivity index (χ0n) is 11.4. The maximum absolute atomic E-state index is 11.7. The summed E-state index contributed by atoms with van der Waals surface area (Å²) in [4.78, 5) is 24.0. The van der Waals surface area contributed by atoms with Crippen molar-refractivity contribution in [3.8, 4) is 5.75 Å². The van der Waals surface area contributed by atoms with Crippen LogP contribution >= 0.6 is 22.9 Å². The summed E-state index contributed by atoms with van der Waals surface area (Å²) in [6.45, 7) is 2.11. The minimum absolute atomic E-state index is 0.0847. The predicted molar refractivity (Wildman–Crippen MR) is 83.1 cm³/mol. The van der Waals surface area contributed by atoms with Gasteiger partial charge < -0.3 is 10.1 Å². The summed E-state index contributed by atoms with van der Waals surface area (Å²) in [7, 11) is 0. The summed E-state index contributed by atoms with van der Waals surface area (Å²) in [5.74, 6) is -0.286. The summed E-state index contributed by atoms with van der Waals surface area (Å²) in [6.07, 6.45) is 0.0847. The van der Waals surface area contributed by atoms with Crippen molar-refractivity contribution in [3.63, 3.8) is 0 Å². The van der Waals surface area contributed by atoms with Crippen LogP contribution in [0.2, 0.25) is 5.02 Å². The first-order valence-electron chi connectivity index (χ1n) is 6.35. The topological polar surface area (TPSA) is 55.4 Å². The van der Waals surface area contributed by atoms with Crippen molar-refractivity contribution >= 4 is 34.8 Å². The molecule has 0 aliphatic heterocycles. The third kappa shape index (κ3) is 4.58. The summed E-state index contributed by atoms with van der Waals surface area (Å²) < 4.78 is 5.18. The number of rotatable bonds is 5. The molecule has 1 heterocycles. The smallest absolute Gasteiger partial charge is 0.313 e. The highest BCUT2D eigenvalue weighted by molar-refractivity contribution is 7.12. The molecule has 0 fully saturated rings. The summed E-state index contributed by atoms with van der Waals surface area (Å²) >= 11 is 7.30. The molecule has 2 aromatic rings. The van der Waals surface area contributed by atoms with Crippen LogP contribution in [0, 0.1) is 6.92 Å². The second-order valence-electron chi connectivity index (χ2n) is 4.39. The molecular weight excluding hydrogens is 310 g/mol. The number of amides is 1. The Balaban J connectivity index is 1.80. The Morgan fingerprint density at radius 1 is 1.33 bits per heavy atom. The Morgan fingerprint density at radius 2 is 2.14 bits per heavy atom. The van der Waals surface area contributed by atoms with Crippen LogP contribution in [0.3, 0.4) is 0 Å². The highest BCUT2D eigenvalue weighted by Crippen LogP contribution is 2.25. The summed E-state index contributed by atoms with van der Waals surface area (Å²) in [6, 6.07) is 8.74. The Bertz CT molecular complexity index is 640. The lowest BCUT2D eigenvalue weighted by Gasteiger charge is -2.07. The van der Waals surface area contributed by atoms with Crippen molar-refractivity contribution in [2.45, 2.75) is 13.3 Å². The molecule has 21 heavy (non-hydrogen) atoms. The molecular formula is C15H14ClNO3S. The average Bonchev–Trinajstić information content (AvgIpc) is 2.97. The van der Waals surface area contributed by atoms with Gasteiger partial charge in [0, 0.05) is 6.54 Å². The Hall–Kier alpha value is -1.85. The van der Waals surface area contributed by atoms with Crippen LogP contribution in [0.15, 0.2) is 35.7 Å². The van der Waals surface area contributed by atoms with Crippen molar-refractivity contribution in [1.82, 2.24) is 5.32 Å². The molecule has 2 rings (SSSR count). The number of aryl methyl sites for hydroxylation is 1. The first-order chi connectivity index (χ1) is 10.1. The van der Waals surface area contributed by atoms with Crippen LogP contribution in [0.1, 0.15) is 21.7 Å². The molecule has 0 bridgehead atoms. The molecule has 0 spiro atoms. The Kier molecular flexibility index (Phi) is 5.36. The number of nitrogens with one attached hydrogen (secondary N) is 1. The highest BCUT2D eigenvalue weighted by atomic mass is 35.5. The van der Waals surface area contributed by atoms with Gasteiger partial charge in [-0.3, -0.25) is 9.59 Å². The fourth-order valence-corrected chi connectivity index (χ4v) is 2.43. The van der Waals surface area contributed by atoms with Gasteiger partial charge in [-0.05, 0) is 36.1 Å². The minimum Gasteiger partial charge on any atom is -0.425 e. The quantitative estimate of drug-likeness (QED) is 0.677. The fraction of sp³-hybridized carbons (Fsp3) is 0.200.